The first-order chi connectivity index (χ1) is 9.50. The minimum Gasteiger partial charge on any atom is -0.477 e. The molecule has 102 valence electrons. The molecule has 3 aromatic rings. The molecule has 3 heterocycles. The predicted molar refractivity (Wildman–Crippen MR) is 71.6 cm³/mol. The Kier molecular flexibility index (Phi) is 2.56. The number of aromatic nitrogens is 5. The average molecular weight is 271 g/mol. The molecule has 0 saturated heterocycles. The molecule has 0 atom stereocenters. The smallest absolute Gasteiger partial charge is 0.341 e. The standard InChI is InChI=1S/C13H13N5O2/c1-7-11(8(2)17(3)16-7)10-4-5-14-12-9(13(19)20)6-15-18(10)12/h4-6H,1-3H3,(H,19,20). The lowest BCUT2D eigenvalue weighted by atomic mass is 10.1. The Balaban J connectivity index is 2.35. The molecule has 0 radical (unpaired) electrons. The van der Waals surface area contributed by atoms with Crippen LogP contribution in [0.2, 0.25) is 0 Å². The summed E-state index contributed by atoms with van der Waals surface area (Å²) < 4.78 is 3.33. The van der Waals surface area contributed by atoms with Gasteiger partial charge in [0, 0.05) is 24.5 Å². The summed E-state index contributed by atoms with van der Waals surface area (Å²) in [6.07, 6.45) is 2.90. The molecule has 0 aliphatic heterocycles. The van der Waals surface area contributed by atoms with E-state index in [0.717, 1.165) is 22.6 Å². The number of carboxylic acid groups (broad SMARTS) is 1. The van der Waals surface area contributed by atoms with Gasteiger partial charge in [0.1, 0.15) is 5.56 Å². The molecule has 0 bridgehead atoms. The van der Waals surface area contributed by atoms with Crippen LogP contribution in [0, 0.1) is 13.8 Å². The highest BCUT2D eigenvalue weighted by molar-refractivity contribution is 5.94. The molecule has 0 fully saturated rings. The van der Waals surface area contributed by atoms with Gasteiger partial charge in [0.05, 0.1) is 17.6 Å². The van der Waals surface area contributed by atoms with Crippen LogP contribution in [0.15, 0.2) is 18.5 Å². The van der Waals surface area contributed by atoms with Gasteiger partial charge in [0.25, 0.3) is 0 Å². The van der Waals surface area contributed by atoms with E-state index >= 15 is 0 Å². The van der Waals surface area contributed by atoms with E-state index in [1.807, 2.05) is 27.0 Å². The van der Waals surface area contributed by atoms with Crippen LogP contribution in [0.1, 0.15) is 21.7 Å². The van der Waals surface area contributed by atoms with Gasteiger partial charge in [-0.15, -0.1) is 0 Å². The van der Waals surface area contributed by atoms with Crippen LogP contribution in [0.25, 0.3) is 16.9 Å². The highest BCUT2D eigenvalue weighted by Crippen LogP contribution is 2.26. The van der Waals surface area contributed by atoms with Crippen molar-refractivity contribution in [2.75, 3.05) is 0 Å². The Hall–Kier alpha value is -2.70. The number of hydrogen-bond donors (Lipinski definition) is 1. The fraction of sp³-hybridized carbons (Fsp3) is 0.231. The van der Waals surface area contributed by atoms with Crippen molar-refractivity contribution in [3.05, 3.63) is 35.4 Å². The van der Waals surface area contributed by atoms with E-state index in [1.165, 1.54) is 6.20 Å². The van der Waals surface area contributed by atoms with Gasteiger partial charge in [-0.3, -0.25) is 4.68 Å². The first-order valence-electron chi connectivity index (χ1n) is 6.07. The van der Waals surface area contributed by atoms with Gasteiger partial charge in [-0.1, -0.05) is 0 Å². The topological polar surface area (TPSA) is 85.3 Å². The maximum Gasteiger partial charge on any atom is 0.341 e. The molecule has 0 spiro atoms. The summed E-state index contributed by atoms with van der Waals surface area (Å²) in [4.78, 5) is 15.3. The van der Waals surface area contributed by atoms with Gasteiger partial charge in [-0.05, 0) is 19.9 Å². The number of aromatic carboxylic acids is 1. The minimum atomic E-state index is -1.04. The van der Waals surface area contributed by atoms with Crippen LogP contribution >= 0.6 is 0 Å². The summed E-state index contributed by atoms with van der Waals surface area (Å²) in [7, 11) is 1.87. The Morgan fingerprint density at radius 2 is 2.10 bits per heavy atom. The highest BCUT2D eigenvalue weighted by Gasteiger charge is 2.18. The Morgan fingerprint density at radius 3 is 2.70 bits per heavy atom. The molecule has 7 nitrogen and oxygen atoms in total. The Bertz CT molecular complexity index is 831. The van der Waals surface area contributed by atoms with E-state index in [4.69, 9.17) is 5.11 Å². The lowest BCUT2D eigenvalue weighted by molar-refractivity contribution is 0.0699. The number of hydrogen-bond acceptors (Lipinski definition) is 4. The summed E-state index contributed by atoms with van der Waals surface area (Å²) in [5.74, 6) is -1.04. The summed E-state index contributed by atoms with van der Waals surface area (Å²) >= 11 is 0. The molecule has 0 saturated carbocycles. The van der Waals surface area contributed by atoms with Crippen molar-refractivity contribution in [2.24, 2.45) is 7.05 Å². The zero-order chi connectivity index (χ0) is 14.4. The molecule has 0 aromatic carbocycles. The van der Waals surface area contributed by atoms with Gasteiger partial charge in [0.2, 0.25) is 0 Å². The molecule has 1 N–H and O–H groups in total. The van der Waals surface area contributed by atoms with Gasteiger partial charge in [0.15, 0.2) is 5.65 Å². The van der Waals surface area contributed by atoms with E-state index < -0.39 is 5.97 Å². The number of rotatable bonds is 2. The number of carboxylic acids is 1. The van der Waals surface area contributed by atoms with Crippen molar-refractivity contribution in [3.63, 3.8) is 0 Å². The second-order valence-electron chi connectivity index (χ2n) is 4.60. The van der Waals surface area contributed by atoms with Crippen LogP contribution in [-0.2, 0) is 7.05 Å². The van der Waals surface area contributed by atoms with Gasteiger partial charge < -0.3 is 5.11 Å². The maximum atomic E-state index is 11.2. The molecule has 0 aliphatic rings. The van der Waals surface area contributed by atoms with Crippen LogP contribution in [0.4, 0.5) is 0 Å². The first kappa shape index (κ1) is 12.3. The molecule has 7 heteroatoms. The number of carbonyl (C=O) groups is 1. The third kappa shape index (κ3) is 1.59. The van der Waals surface area contributed by atoms with E-state index in [-0.39, 0.29) is 5.56 Å². The van der Waals surface area contributed by atoms with Gasteiger partial charge >= 0.3 is 5.97 Å². The summed E-state index contributed by atoms with van der Waals surface area (Å²) in [5.41, 5.74) is 4.00. The molecule has 0 amide bonds. The lowest BCUT2D eigenvalue weighted by Gasteiger charge is -2.05. The Morgan fingerprint density at radius 1 is 1.35 bits per heavy atom. The van der Waals surface area contributed by atoms with Crippen molar-refractivity contribution in [2.45, 2.75) is 13.8 Å². The van der Waals surface area contributed by atoms with Crippen LogP contribution in [0.3, 0.4) is 0 Å². The van der Waals surface area contributed by atoms with Crippen molar-refractivity contribution < 1.29 is 9.90 Å². The SMILES string of the molecule is Cc1nn(C)c(C)c1-c1ccnc2c(C(=O)O)cnn12. The molecular formula is C13H13N5O2. The molecule has 0 unspecified atom stereocenters. The minimum absolute atomic E-state index is 0.0889. The fourth-order valence-corrected chi connectivity index (χ4v) is 2.38. The van der Waals surface area contributed by atoms with E-state index in [2.05, 4.69) is 15.2 Å². The first-order valence-corrected chi connectivity index (χ1v) is 6.07. The van der Waals surface area contributed by atoms with E-state index in [0.29, 0.717) is 5.65 Å². The normalized spacial score (nSPS) is 11.2. The molecule has 20 heavy (non-hydrogen) atoms. The average Bonchev–Trinajstić information content (AvgIpc) is 2.92. The van der Waals surface area contributed by atoms with Gasteiger partial charge in [-0.2, -0.15) is 10.2 Å². The second kappa shape index (κ2) is 4.16. The fourth-order valence-electron chi connectivity index (χ4n) is 2.38. The number of nitrogens with zero attached hydrogens (tertiary/aromatic N) is 5. The predicted octanol–water partition coefficient (Wildman–Crippen LogP) is 1.44. The highest BCUT2D eigenvalue weighted by atomic mass is 16.4. The van der Waals surface area contributed by atoms with Crippen molar-refractivity contribution in [1.82, 2.24) is 24.4 Å². The zero-order valence-electron chi connectivity index (χ0n) is 11.3. The second-order valence-corrected chi connectivity index (χ2v) is 4.60. The molecule has 0 aliphatic carbocycles. The Labute approximate surface area is 114 Å². The maximum absolute atomic E-state index is 11.2. The summed E-state index contributed by atoms with van der Waals surface area (Å²) in [6.45, 7) is 3.87. The van der Waals surface area contributed by atoms with E-state index in [1.54, 1.807) is 15.4 Å². The summed E-state index contributed by atoms with van der Waals surface area (Å²) in [5, 5.41) is 17.7. The van der Waals surface area contributed by atoms with Crippen LogP contribution in [0.5, 0.6) is 0 Å². The van der Waals surface area contributed by atoms with Crippen LogP contribution in [-0.4, -0.2) is 35.5 Å². The zero-order valence-corrected chi connectivity index (χ0v) is 11.3. The van der Waals surface area contributed by atoms with Crippen LogP contribution < -0.4 is 0 Å². The summed E-state index contributed by atoms with van der Waals surface area (Å²) in [6, 6.07) is 1.81. The largest absolute Gasteiger partial charge is 0.477 e. The molecular weight excluding hydrogens is 258 g/mol. The van der Waals surface area contributed by atoms with E-state index in [9.17, 15) is 4.79 Å². The quantitative estimate of drug-likeness (QED) is 0.762. The monoisotopic (exact) mass is 271 g/mol. The number of fused-ring (bicyclic) bond motifs is 1. The number of aryl methyl sites for hydroxylation is 2. The van der Waals surface area contributed by atoms with Crippen molar-refractivity contribution >= 4 is 11.6 Å². The third-order valence-corrected chi connectivity index (χ3v) is 3.40. The lowest BCUT2D eigenvalue weighted by Crippen LogP contribution is -2.00. The molecule has 3 rings (SSSR count). The third-order valence-electron chi connectivity index (χ3n) is 3.40. The molecule has 3 aromatic heterocycles. The van der Waals surface area contributed by atoms with Crippen molar-refractivity contribution in [1.29, 1.82) is 0 Å². The van der Waals surface area contributed by atoms with Crippen molar-refractivity contribution in [3.8, 4) is 11.3 Å². The van der Waals surface area contributed by atoms with Gasteiger partial charge in [-0.25, -0.2) is 14.3 Å².